The van der Waals surface area contributed by atoms with Crippen LogP contribution < -0.4 is 15.5 Å². The fourth-order valence-corrected chi connectivity index (χ4v) is 3.83. The molecule has 1 aliphatic heterocycles. The van der Waals surface area contributed by atoms with Crippen LogP contribution in [0.4, 0.5) is 17.1 Å². The third-order valence-electron chi connectivity index (χ3n) is 5.62. The molecule has 1 aliphatic carbocycles. The maximum Gasteiger partial charge on any atom is 0.259 e. The zero-order valence-corrected chi connectivity index (χ0v) is 17.2. The van der Waals surface area contributed by atoms with Crippen LogP contribution in [0.1, 0.15) is 30.1 Å². The Morgan fingerprint density at radius 2 is 1.73 bits per heavy atom. The summed E-state index contributed by atoms with van der Waals surface area (Å²) in [6.07, 6.45) is 2.76. The number of aromatic hydroxyl groups is 1. The predicted molar refractivity (Wildman–Crippen MR) is 118 cm³/mol. The van der Waals surface area contributed by atoms with E-state index in [9.17, 15) is 14.7 Å². The molecule has 1 saturated heterocycles. The number of piperazine rings is 1. The van der Waals surface area contributed by atoms with Crippen molar-refractivity contribution in [3.63, 3.8) is 0 Å². The minimum absolute atomic E-state index is 0.111. The Kier molecular flexibility index (Phi) is 5.90. The molecule has 2 amide bonds. The molecule has 2 aromatic carbocycles. The van der Waals surface area contributed by atoms with Crippen molar-refractivity contribution in [2.75, 3.05) is 48.3 Å². The number of carbonyl (C=O) groups is 2. The molecule has 7 heteroatoms. The molecule has 2 fully saturated rings. The average Bonchev–Trinajstić information content (AvgIpc) is 3.54. The van der Waals surface area contributed by atoms with E-state index in [1.54, 1.807) is 6.07 Å². The van der Waals surface area contributed by atoms with Gasteiger partial charge in [0.05, 0.1) is 5.56 Å². The summed E-state index contributed by atoms with van der Waals surface area (Å²) in [6.45, 7) is 6.70. The molecule has 4 rings (SSSR count). The first-order valence-corrected chi connectivity index (χ1v) is 10.5. The second kappa shape index (κ2) is 8.75. The first kappa shape index (κ1) is 20.2. The maximum absolute atomic E-state index is 12.7. The molecule has 2 aromatic rings. The molecule has 1 heterocycles. The van der Waals surface area contributed by atoms with Crippen molar-refractivity contribution in [3.8, 4) is 5.75 Å². The Balaban J connectivity index is 1.40. The van der Waals surface area contributed by atoms with E-state index in [0.29, 0.717) is 11.4 Å². The number of phenolic OH excluding ortho intramolecular Hbond substituents is 1. The van der Waals surface area contributed by atoms with Gasteiger partial charge in [-0.1, -0.05) is 6.07 Å². The smallest absolute Gasteiger partial charge is 0.259 e. The number of phenols is 1. The summed E-state index contributed by atoms with van der Waals surface area (Å²) >= 11 is 0. The molecule has 1 saturated carbocycles. The lowest BCUT2D eigenvalue weighted by atomic mass is 10.1. The van der Waals surface area contributed by atoms with Gasteiger partial charge in [-0.3, -0.25) is 14.5 Å². The fourth-order valence-electron chi connectivity index (χ4n) is 3.83. The number of carbonyl (C=O) groups excluding carboxylic acids is 2. The Bertz CT molecular complexity index is 934. The Morgan fingerprint density at radius 3 is 2.43 bits per heavy atom. The van der Waals surface area contributed by atoms with E-state index in [1.165, 1.54) is 38.4 Å². The molecule has 3 N–H and O–H groups in total. The van der Waals surface area contributed by atoms with Crippen molar-refractivity contribution in [2.24, 2.45) is 5.92 Å². The molecule has 158 valence electrons. The monoisotopic (exact) mass is 408 g/mol. The largest absolute Gasteiger partial charge is 0.507 e. The average molecular weight is 409 g/mol. The van der Waals surface area contributed by atoms with E-state index < -0.39 is 5.91 Å². The molecule has 0 unspecified atom stereocenters. The molecule has 0 atom stereocenters. The number of nitrogens with zero attached hydrogens (tertiary/aromatic N) is 2. The molecular formula is C23H28N4O3. The van der Waals surface area contributed by atoms with Crippen molar-refractivity contribution in [1.82, 2.24) is 4.90 Å². The minimum atomic E-state index is -0.425. The van der Waals surface area contributed by atoms with E-state index >= 15 is 0 Å². The summed E-state index contributed by atoms with van der Waals surface area (Å²) in [6, 6.07) is 12.2. The van der Waals surface area contributed by atoms with Crippen molar-refractivity contribution in [3.05, 3.63) is 48.0 Å². The topological polar surface area (TPSA) is 84.9 Å². The van der Waals surface area contributed by atoms with Gasteiger partial charge in [-0.2, -0.15) is 0 Å². The van der Waals surface area contributed by atoms with Gasteiger partial charge >= 0.3 is 0 Å². The summed E-state index contributed by atoms with van der Waals surface area (Å²) in [5.74, 6) is 0.114. The van der Waals surface area contributed by atoms with Crippen LogP contribution in [0.2, 0.25) is 0 Å². The molecule has 7 nitrogen and oxygen atoms in total. The first-order chi connectivity index (χ1) is 14.5. The predicted octanol–water partition coefficient (Wildman–Crippen LogP) is 3.13. The van der Waals surface area contributed by atoms with Gasteiger partial charge in [0.2, 0.25) is 5.91 Å². The second-order valence-electron chi connectivity index (χ2n) is 8.15. The van der Waals surface area contributed by atoms with Crippen LogP contribution in [-0.4, -0.2) is 54.5 Å². The standard InChI is InChI=1S/C23H28N4O3/c1-16(28)24-19-7-8-22(29)21(14-19)23(30)25-18-3-2-4-20(13-18)27-11-9-26(10-12-27)15-17-5-6-17/h2-4,7-8,13-14,17,29H,5-6,9-12,15H2,1H3,(H,24,28)(H,25,30). The van der Waals surface area contributed by atoms with Crippen molar-refractivity contribution in [2.45, 2.75) is 19.8 Å². The van der Waals surface area contributed by atoms with E-state index in [-0.39, 0.29) is 17.2 Å². The third-order valence-corrected chi connectivity index (χ3v) is 5.62. The van der Waals surface area contributed by atoms with Gasteiger partial charge in [-0.05, 0) is 55.2 Å². The summed E-state index contributed by atoms with van der Waals surface area (Å²) in [4.78, 5) is 28.8. The van der Waals surface area contributed by atoms with Crippen molar-refractivity contribution < 1.29 is 14.7 Å². The molecule has 0 radical (unpaired) electrons. The van der Waals surface area contributed by atoms with E-state index in [0.717, 1.165) is 37.8 Å². The van der Waals surface area contributed by atoms with Crippen LogP contribution in [-0.2, 0) is 4.79 Å². The van der Waals surface area contributed by atoms with E-state index in [4.69, 9.17) is 0 Å². The highest BCUT2D eigenvalue weighted by atomic mass is 16.3. The number of nitrogens with one attached hydrogen (secondary N) is 2. The van der Waals surface area contributed by atoms with E-state index in [2.05, 4.69) is 26.5 Å². The van der Waals surface area contributed by atoms with Crippen molar-refractivity contribution in [1.29, 1.82) is 0 Å². The number of rotatable bonds is 6. The Labute approximate surface area is 176 Å². The van der Waals surface area contributed by atoms with Crippen LogP contribution in [0, 0.1) is 5.92 Å². The van der Waals surface area contributed by atoms with Crippen LogP contribution >= 0.6 is 0 Å². The lowest BCUT2D eigenvalue weighted by Gasteiger charge is -2.36. The van der Waals surface area contributed by atoms with Crippen LogP contribution in [0.5, 0.6) is 5.75 Å². The van der Waals surface area contributed by atoms with Crippen LogP contribution in [0.25, 0.3) is 0 Å². The zero-order valence-electron chi connectivity index (χ0n) is 17.2. The van der Waals surface area contributed by atoms with Gasteiger partial charge in [-0.25, -0.2) is 0 Å². The summed E-state index contributed by atoms with van der Waals surface area (Å²) in [5.41, 5.74) is 2.32. The van der Waals surface area contributed by atoms with Gasteiger partial charge in [0.15, 0.2) is 0 Å². The highest BCUT2D eigenvalue weighted by Gasteiger charge is 2.26. The fraction of sp³-hybridized carbons (Fsp3) is 0.391. The number of benzene rings is 2. The summed E-state index contributed by atoms with van der Waals surface area (Å²) in [7, 11) is 0. The zero-order chi connectivity index (χ0) is 21.1. The summed E-state index contributed by atoms with van der Waals surface area (Å²) in [5, 5.41) is 15.6. The third kappa shape index (κ3) is 5.10. The molecule has 0 spiro atoms. The van der Waals surface area contributed by atoms with Crippen LogP contribution in [0.15, 0.2) is 42.5 Å². The first-order valence-electron chi connectivity index (χ1n) is 10.5. The molecule has 30 heavy (non-hydrogen) atoms. The number of anilines is 3. The molecule has 0 aromatic heterocycles. The Hall–Kier alpha value is -3.06. The van der Waals surface area contributed by atoms with Crippen molar-refractivity contribution >= 4 is 28.9 Å². The quantitative estimate of drug-likeness (QED) is 0.640. The Morgan fingerprint density at radius 1 is 1.00 bits per heavy atom. The lowest BCUT2D eigenvalue weighted by molar-refractivity contribution is -0.114. The minimum Gasteiger partial charge on any atom is -0.507 e. The van der Waals surface area contributed by atoms with Gasteiger partial charge in [0.25, 0.3) is 5.91 Å². The number of amides is 2. The number of hydrogen-bond acceptors (Lipinski definition) is 5. The maximum atomic E-state index is 12.7. The SMILES string of the molecule is CC(=O)Nc1ccc(O)c(C(=O)Nc2cccc(N3CCN(CC4CC4)CC3)c2)c1. The normalized spacial score (nSPS) is 16.9. The van der Waals surface area contributed by atoms with Gasteiger partial charge in [0, 0.05) is 56.7 Å². The summed E-state index contributed by atoms with van der Waals surface area (Å²) < 4.78 is 0. The van der Waals surface area contributed by atoms with Gasteiger partial charge < -0.3 is 20.6 Å². The molecule has 2 aliphatic rings. The van der Waals surface area contributed by atoms with E-state index in [1.807, 2.05) is 18.2 Å². The number of hydrogen-bond donors (Lipinski definition) is 3. The highest BCUT2D eigenvalue weighted by Crippen LogP contribution is 2.30. The van der Waals surface area contributed by atoms with Gasteiger partial charge in [-0.15, -0.1) is 0 Å². The molecule has 0 bridgehead atoms. The second-order valence-corrected chi connectivity index (χ2v) is 8.15. The lowest BCUT2D eigenvalue weighted by Crippen LogP contribution is -2.47. The molecular weight excluding hydrogens is 380 g/mol. The highest BCUT2D eigenvalue weighted by molar-refractivity contribution is 6.07. The van der Waals surface area contributed by atoms with Crippen LogP contribution in [0.3, 0.4) is 0 Å². The van der Waals surface area contributed by atoms with Gasteiger partial charge in [0.1, 0.15) is 5.75 Å².